The molecule has 1 aromatic rings. The first-order valence-electron chi connectivity index (χ1n) is 8.83. The molecule has 1 rings (SSSR count). The average Bonchev–Trinajstić information content (AvgIpc) is 2.63. The highest BCUT2D eigenvalue weighted by atomic mass is 32.2. The summed E-state index contributed by atoms with van der Waals surface area (Å²) in [5.41, 5.74) is 5.77. The first-order chi connectivity index (χ1) is 11.7. The standard InChI is InChI=1S/C18H31N3O3S/c1-5-8-13-21(4)17(22)15-11-9-10-12-16(15)25(23,24)20-14-18(19,6-2)7-3/h9-12,20H,5-8,13-14,19H2,1-4H3. The van der Waals surface area contributed by atoms with Crippen LogP contribution in [0.15, 0.2) is 29.2 Å². The van der Waals surface area contributed by atoms with Gasteiger partial charge in [-0.1, -0.05) is 39.3 Å². The molecule has 1 aromatic carbocycles. The van der Waals surface area contributed by atoms with Crippen molar-refractivity contribution >= 4 is 15.9 Å². The van der Waals surface area contributed by atoms with Crippen LogP contribution < -0.4 is 10.5 Å². The lowest BCUT2D eigenvalue weighted by atomic mass is 9.95. The minimum absolute atomic E-state index is 0.00194. The molecule has 0 aliphatic heterocycles. The van der Waals surface area contributed by atoms with Gasteiger partial charge in [-0.2, -0.15) is 0 Å². The predicted octanol–water partition coefficient (Wildman–Crippen LogP) is 2.35. The Morgan fingerprint density at radius 2 is 1.80 bits per heavy atom. The molecule has 0 radical (unpaired) electrons. The van der Waals surface area contributed by atoms with Gasteiger partial charge in [-0.3, -0.25) is 4.79 Å². The van der Waals surface area contributed by atoms with Gasteiger partial charge in [0.15, 0.2) is 0 Å². The third-order valence-corrected chi connectivity index (χ3v) is 6.08. The van der Waals surface area contributed by atoms with Crippen LogP contribution in [0.2, 0.25) is 0 Å². The van der Waals surface area contributed by atoms with Gasteiger partial charge in [-0.15, -0.1) is 0 Å². The lowest BCUT2D eigenvalue weighted by molar-refractivity contribution is 0.0789. The summed E-state index contributed by atoms with van der Waals surface area (Å²) in [4.78, 5) is 14.2. The summed E-state index contributed by atoms with van der Waals surface area (Å²) < 4.78 is 28.0. The summed E-state index contributed by atoms with van der Waals surface area (Å²) in [7, 11) is -2.13. The first kappa shape index (κ1) is 21.6. The molecule has 0 unspecified atom stereocenters. The fourth-order valence-electron chi connectivity index (χ4n) is 2.40. The third-order valence-electron chi connectivity index (χ3n) is 4.62. The molecule has 1 amide bonds. The quantitative estimate of drug-likeness (QED) is 0.662. The Hall–Kier alpha value is -1.44. The summed E-state index contributed by atoms with van der Waals surface area (Å²) >= 11 is 0. The van der Waals surface area contributed by atoms with Crippen molar-refractivity contribution in [1.82, 2.24) is 9.62 Å². The van der Waals surface area contributed by atoms with Crippen LogP contribution in [-0.2, 0) is 10.0 Å². The van der Waals surface area contributed by atoms with E-state index in [-0.39, 0.29) is 22.9 Å². The SMILES string of the molecule is CCCCN(C)C(=O)c1ccccc1S(=O)(=O)NCC(N)(CC)CC. The van der Waals surface area contributed by atoms with Crippen LogP contribution in [0.5, 0.6) is 0 Å². The summed E-state index contributed by atoms with van der Waals surface area (Å²) in [6.07, 6.45) is 3.16. The maximum atomic E-state index is 12.7. The molecular weight excluding hydrogens is 338 g/mol. The second-order valence-corrected chi connectivity index (χ2v) is 8.21. The van der Waals surface area contributed by atoms with E-state index in [4.69, 9.17) is 5.73 Å². The Balaban J connectivity index is 3.07. The number of hydrogen-bond acceptors (Lipinski definition) is 4. The average molecular weight is 370 g/mol. The molecule has 0 spiro atoms. The molecule has 0 fully saturated rings. The molecule has 0 aliphatic rings. The molecular formula is C18H31N3O3S. The number of carbonyl (C=O) groups excluding carboxylic acids is 1. The minimum Gasteiger partial charge on any atom is -0.342 e. The smallest absolute Gasteiger partial charge is 0.254 e. The fraction of sp³-hybridized carbons (Fsp3) is 0.611. The Kier molecular flexibility index (Phi) is 8.05. The van der Waals surface area contributed by atoms with E-state index in [1.165, 1.54) is 6.07 Å². The van der Waals surface area contributed by atoms with Gasteiger partial charge in [0.25, 0.3) is 5.91 Å². The Labute approximate surface area is 151 Å². The number of amides is 1. The Bertz CT molecular complexity index is 670. The number of sulfonamides is 1. The number of hydrogen-bond donors (Lipinski definition) is 2. The Morgan fingerprint density at radius 3 is 2.36 bits per heavy atom. The molecule has 6 nitrogen and oxygen atoms in total. The number of nitrogens with zero attached hydrogens (tertiary/aromatic N) is 1. The molecule has 0 saturated carbocycles. The van der Waals surface area contributed by atoms with E-state index in [0.29, 0.717) is 19.4 Å². The van der Waals surface area contributed by atoms with Crippen LogP contribution in [0.3, 0.4) is 0 Å². The number of nitrogens with one attached hydrogen (secondary N) is 1. The molecule has 25 heavy (non-hydrogen) atoms. The van der Waals surface area contributed by atoms with Crippen molar-refractivity contribution in [3.63, 3.8) is 0 Å². The highest BCUT2D eigenvalue weighted by molar-refractivity contribution is 7.89. The van der Waals surface area contributed by atoms with Gasteiger partial charge in [0.1, 0.15) is 0 Å². The second-order valence-electron chi connectivity index (χ2n) is 6.47. The van der Waals surface area contributed by atoms with Gasteiger partial charge in [0, 0.05) is 25.7 Å². The zero-order valence-corrected chi connectivity index (χ0v) is 16.5. The maximum Gasteiger partial charge on any atom is 0.254 e. The molecule has 7 heteroatoms. The highest BCUT2D eigenvalue weighted by Crippen LogP contribution is 2.18. The molecule has 0 aromatic heterocycles. The van der Waals surface area contributed by atoms with E-state index < -0.39 is 15.6 Å². The topological polar surface area (TPSA) is 92.5 Å². The normalized spacial score (nSPS) is 12.2. The van der Waals surface area contributed by atoms with Crippen LogP contribution >= 0.6 is 0 Å². The van der Waals surface area contributed by atoms with E-state index in [1.807, 2.05) is 20.8 Å². The minimum atomic E-state index is -3.82. The van der Waals surface area contributed by atoms with Gasteiger partial charge in [-0.25, -0.2) is 13.1 Å². The van der Waals surface area contributed by atoms with Crippen molar-refractivity contribution in [2.24, 2.45) is 5.73 Å². The molecule has 0 saturated heterocycles. The van der Waals surface area contributed by atoms with Crippen LogP contribution in [-0.4, -0.2) is 44.9 Å². The third kappa shape index (κ3) is 5.80. The van der Waals surface area contributed by atoms with Crippen molar-refractivity contribution in [2.75, 3.05) is 20.1 Å². The van der Waals surface area contributed by atoms with E-state index in [1.54, 1.807) is 30.1 Å². The van der Waals surface area contributed by atoms with Crippen molar-refractivity contribution in [3.8, 4) is 0 Å². The second kappa shape index (κ2) is 9.31. The molecule has 3 N–H and O–H groups in total. The highest BCUT2D eigenvalue weighted by Gasteiger charge is 2.27. The fourth-order valence-corrected chi connectivity index (χ4v) is 3.73. The summed E-state index contributed by atoms with van der Waals surface area (Å²) in [5, 5.41) is 0. The molecule has 0 heterocycles. The summed E-state index contributed by atoms with van der Waals surface area (Å²) in [5.74, 6) is -0.292. The molecule has 0 atom stereocenters. The van der Waals surface area contributed by atoms with Gasteiger partial charge in [-0.05, 0) is 31.4 Å². The van der Waals surface area contributed by atoms with Crippen molar-refractivity contribution < 1.29 is 13.2 Å². The van der Waals surface area contributed by atoms with Crippen molar-refractivity contribution in [3.05, 3.63) is 29.8 Å². The van der Waals surface area contributed by atoms with E-state index in [0.717, 1.165) is 12.8 Å². The molecule has 0 bridgehead atoms. The van der Waals surface area contributed by atoms with Crippen LogP contribution in [0.4, 0.5) is 0 Å². The van der Waals surface area contributed by atoms with Gasteiger partial charge in [0.05, 0.1) is 10.5 Å². The number of rotatable bonds is 10. The molecule has 0 aliphatic carbocycles. The number of benzene rings is 1. The first-order valence-corrected chi connectivity index (χ1v) is 10.3. The van der Waals surface area contributed by atoms with Crippen LogP contribution in [0.1, 0.15) is 56.8 Å². The van der Waals surface area contributed by atoms with E-state index >= 15 is 0 Å². The van der Waals surface area contributed by atoms with Crippen molar-refractivity contribution in [1.29, 1.82) is 0 Å². The summed E-state index contributed by atoms with van der Waals surface area (Å²) in [6, 6.07) is 6.30. The zero-order valence-electron chi connectivity index (χ0n) is 15.7. The number of unbranched alkanes of at least 4 members (excludes halogenated alkanes) is 1. The maximum absolute atomic E-state index is 12.7. The van der Waals surface area contributed by atoms with Crippen LogP contribution in [0.25, 0.3) is 0 Å². The van der Waals surface area contributed by atoms with Crippen LogP contribution in [0, 0.1) is 0 Å². The van der Waals surface area contributed by atoms with E-state index in [9.17, 15) is 13.2 Å². The number of carbonyl (C=O) groups is 1. The lowest BCUT2D eigenvalue weighted by Crippen LogP contribution is -2.49. The monoisotopic (exact) mass is 369 g/mol. The zero-order chi connectivity index (χ0) is 19.1. The van der Waals surface area contributed by atoms with E-state index in [2.05, 4.69) is 4.72 Å². The largest absolute Gasteiger partial charge is 0.342 e. The van der Waals surface area contributed by atoms with Gasteiger partial charge in [0.2, 0.25) is 10.0 Å². The van der Waals surface area contributed by atoms with Gasteiger partial charge < -0.3 is 10.6 Å². The van der Waals surface area contributed by atoms with Gasteiger partial charge >= 0.3 is 0 Å². The molecule has 142 valence electrons. The van der Waals surface area contributed by atoms with Crippen molar-refractivity contribution in [2.45, 2.75) is 56.9 Å². The summed E-state index contributed by atoms with van der Waals surface area (Å²) in [6.45, 7) is 6.63. The Morgan fingerprint density at radius 1 is 1.20 bits per heavy atom. The number of nitrogens with two attached hydrogens (primary N) is 1. The predicted molar refractivity (Wildman–Crippen MR) is 101 cm³/mol. The lowest BCUT2D eigenvalue weighted by Gasteiger charge is -2.27.